The van der Waals surface area contributed by atoms with Crippen LogP contribution in [-0.2, 0) is 29.9 Å². The average Bonchev–Trinajstić information content (AvgIpc) is 3.57. The quantitative estimate of drug-likeness (QED) is 0.402. The number of halogens is 1. The van der Waals surface area contributed by atoms with Gasteiger partial charge in [0.05, 0.1) is 6.20 Å². The number of benzene rings is 2. The third-order valence-corrected chi connectivity index (χ3v) is 9.47. The highest BCUT2D eigenvalue weighted by atomic mass is 35.5. The number of aromatic nitrogens is 2. The van der Waals surface area contributed by atoms with Crippen molar-refractivity contribution in [3.8, 4) is 5.75 Å². The molecule has 0 bridgehead atoms. The van der Waals surface area contributed by atoms with Gasteiger partial charge in [-0.2, -0.15) is 9.40 Å². The fraction of sp³-hybridized carbons (Fsp3) is 0.464. The molecule has 2 unspecified atom stereocenters. The number of likely N-dealkylation sites (N-methyl/N-ethyl adjacent to an activating group) is 1. The van der Waals surface area contributed by atoms with Gasteiger partial charge in [0.1, 0.15) is 17.3 Å². The molecule has 0 radical (unpaired) electrons. The second-order valence-electron chi connectivity index (χ2n) is 10.0. The molecule has 0 N–H and O–H groups in total. The van der Waals surface area contributed by atoms with E-state index < -0.39 is 10.0 Å². The van der Waals surface area contributed by atoms with Gasteiger partial charge in [-0.1, -0.05) is 36.4 Å². The largest absolute Gasteiger partial charge is 0.492 e. The topological polar surface area (TPSA) is 67.7 Å². The Hall–Kier alpha value is -2.39. The van der Waals surface area contributed by atoms with Crippen molar-refractivity contribution >= 4 is 22.4 Å². The Morgan fingerprint density at radius 2 is 1.86 bits per heavy atom. The molecule has 2 heterocycles. The Labute approximate surface area is 226 Å². The van der Waals surface area contributed by atoms with E-state index in [-0.39, 0.29) is 30.5 Å². The molecule has 9 heteroatoms. The molecule has 1 aromatic heterocycles. The van der Waals surface area contributed by atoms with E-state index in [0.29, 0.717) is 12.0 Å². The second-order valence-corrected chi connectivity index (χ2v) is 12.1. The van der Waals surface area contributed by atoms with Gasteiger partial charge in [-0.3, -0.25) is 9.58 Å². The highest BCUT2D eigenvalue weighted by Crippen LogP contribution is 2.40. The van der Waals surface area contributed by atoms with E-state index in [1.807, 2.05) is 6.07 Å². The number of fused-ring (bicyclic) bond motifs is 1. The van der Waals surface area contributed by atoms with Crippen molar-refractivity contribution in [2.75, 3.05) is 33.3 Å². The Morgan fingerprint density at radius 1 is 1.11 bits per heavy atom. The molecule has 7 nitrogen and oxygen atoms in total. The van der Waals surface area contributed by atoms with E-state index in [1.165, 1.54) is 70.4 Å². The first-order valence-corrected chi connectivity index (χ1v) is 14.3. The minimum atomic E-state index is -3.58. The van der Waals surface area contributed by atoms with Crippen LogP contribution in [0.5, 0.6) is 5.75 Å². The molecule has 1 aliphatic heterocycles. The van der Waals surface area contributed by atoms with Crippen LogP contribution in [-0.4, -0.2) is 66.7 Å². The van der Waals surface area contributed by atoms with Crippen molar-refractivity contribution in [2.24, 2.45) is 7.05 Å². The van der Waals surface area contributed by atoms with E-state index in [1.54, 1.807) is 14.1 Å². The summed E-state index contributed by atoms with van der Waals surface area (Å²) in [5.41, 5.74) is 4.17. The summed E-state index contributed by atoms with van der Waals surface area (Å²) in [6, 6.07) is 17.8. The molecular formula is C28H37ClN4O3S. The number of hydrogen-bond donors (Lipinski definition) is 0. The SMILES string of the molecule is CN(CCOc1ccc2c(c1)C(Cc1ccccc1)C(N1CCCC1)CC2)S(=O)(=O)c1cnn(C)c1.Cl. The maximum atomic E-state index is 12.8. The van der Waals surface area contributed by atoms with Crippen molar-refractivity contribution < 1.29 is 13.2 Å². The van der Waals surface area contributed by atoms with Gasteiger partial charge in [0.2, 0.25) is 10.0 Å². The normalized spacial score (nSPS) is 20.0. The summed E-state index contributed by atoms with van der Waals surface area (Å²) >= 11 is 0. The fourth-order valence-corrected chi connectivity index (χ4v) is 6.84. The first-order chi connectivity index (χ1) is 17.4. The van der Waals surface area contributed by atoms with Crippen LogP contribution >= 0.6 is 12.4 Å². The monoisotopic (exact) mass is 544 g/mol. The number of rotatable bonds is 9. The average molecular weight is 545 g/mol. The third-order valence-electron chi connectivity index (χ3n) is 7.66. The maximum absolute atomic E-state index is 12.8. The van der Waals surface area contributed by atoms with Crippen molar-refractivity contribution in [3.05, 3.63) is 77.6 Å². The molecule has 3 aromatic rings. The number of sulfonamides is 1. The molecule has 37 heavy (non-hydrogen) atoms. The van der Waals surface area contributed by atoms with Crippen molar-refractivity contribution in [1.82, 2.24) is 19.0 Å². The Morgan fingerprint density at radius 3 is 2.57 bits per heavy atom. The summed E-state index contributed by atoms with van der Waals surface area (Å²) in [6.07, 6.45) is 8.78. The highest BCUT2D eigenvalue weighted by Gasteiger charge is 2.35. The zero-order chi connectivity index (χ0) is 25.1. The standard InChI is InChI=1S/C28H36N4O3S.ClH/c1-30-21-25(20-29-30)36(33,34)31(2)16-17-35-24-12-10-23-11-13-28(32-14-6-7-15-32)27(26(23)19-24)18-22-8-4-3-5-9-22;/h3-5,8-10,12,19-21,27-28H,6-7,11,13-18H2,1-2H3;1H. The van der Waals surface area contributed by atoms with Crippen LogP contribution in [0, 0.1) is 0 Å². The molecule has 2 atom stereocenters. The minimum Gasteiger partial charge on any atom is -0.492 e. The zero-order valence-corrected chi connectivity index (χ0v) is 23.3. The number of nitrogens with zero attached hydrogens (tertiary/aromatic N) is 4. The van der Waals surface area contributed by atoms with Crippen molar-refractivity contribution in [3.63, 3.8) is 0 Å². The van der Waals surface area contributed by atoms with Crippen LogP contribution in [0.25, 0.3) is 0 Å². The van der Waals surface area contributed by atoms with Gasteiger partial charge in [0.25, 0.3) is 0 Å². The minimum absolute atomic E-state index is 0. The first-order valence-electron chi connectivity index (χ1n) is 12.9. The van der Waals surface area contributed by atoms with Crippen LogP contribution in [0.4, 0.5) is 0 Å². The van der Waals surface area contributed by atoms with Gasteiger partial charge in [-0.25, -0.2) is 8.42 Å². The molecule has 0 spiro atoms. The van der Waals surface area contributed by atoms with Gasteiger partial charge < -0.3 is 4.74 Å². The fourth-order valence-electron chi connectivity index (χ4n) is 5.70. The smallest absolute Gasteiger partial charge is 0.246 e. The summed E-state index contributed by atoms with van der Waals surface area (Å²) in [5, 5.41) is 3.98. The second kappa shape index (κ2) is 12.0. The molecule has 2 aliphatic rings. The molecule has 1 aliphatic carbocycles. The van der Waals surface area contributed by atoms with Crippen LogP contribution < -0.4 is 4.74 Å². The number of ether oxygens (including phenoxy) is 1. The molecule has 1 fully saturated rings. The number of likely N-dealkylation sites (tertiary alicyclic amines) is 1. The highest BCUT2D eigenvalue weighted by molar-refractivity contribution is 7.89. The van der Waals surface area contributed by atoms with Gasteiger partial charge >= 0.3 is 0 Å². The first kappa shape index (κ1) is 27.6. The summed E-state index contributed by atoms with van der Waals surface area (Å²) in [5.74, 6) is 1.23. The van der Waals surface area contributed by atoms with Gasteiger partial charge in [-0.05, 0) is 74.0 Å². The van der Waals surface area contributed by atoms with Gasteiger partial charge in [0.15, 0.2) is 0 Å². The number of hydrogen-bond acceptors (Lipinski definition) is 5. The molecule has 5 rings (SSSR count). The summed E-state index contributed by atoms with van der Waals surface area (Å²) < 4.78 is 34.5. The number of aryl methyl sites for hydroxylation is 2. The molecule has 2 aromatic carbocycles. The van der Waals surface area contributed by atoms with Crippen LogP contribution in [0.2, 0.25) is 0 Å². The molecule has 0 saturated carbocycles. The summed E-state index contributed by atoms with van der Waals surface area (Å²) in [6.45, 7) is 2.93. The lowest BCUT2D eigenvalue weighted by Gasteiger charge is -2.39. The lowest BCUT2D eigenvalue weighted by atomic mass is 9.75. The lowest BCUT2D eigenvalue weighted by Crippen LogP contribution is -2.41. The van der Waals surface area contributed by atoms with Crippen LogP contribution in [0.1, 0.15) is 41.9 Å². The molecule has 200 valence electrons. The van der Waals surface area contributed by atoms with E-state index in [4.69, 9.17) is 4.74 Å². The van der Waals surface area contributed by atoms with Crippen molar-refractivity contribution in [2.45, 2.75) is 49.0 Å². The maximum Gasteiger partial charge on any atom is 0.246 e. The van der Waals surface area contributed by atoms with Crippen molar-refractivity contribution in [1.29, 1.82) is 0 Å². The zero-order valence-electron chi connectivity index (χ0n) is 21.6. The van der Waals surface area contributed by atoms with E-state index >= 15 is 0 Å². The molecular weight excluding hydrogens is 508 g/mol. The van der Waals surface area contributed by atoms with Gasteiger partial charge in [-0.15, -0.1) is 12.4 Å². The Balaban J connectivity index is 0.00000320. The van der Waals surface area contributed by atoms with Gasteiger partial charge in [0, 0.05) is 38.8 Å². The van der Waals surface area contributed by atoms with E-state index in [9.17, 15) is 8.42 Å². The lowest BCUT2D eigenvalue weighted by molar-refractivity contribution is 0.188. The third kappa shape index (κ3) is 6.20. The van der Waals surface area contributed by atoms with Crippen LogP contribution in [0.15, 0.2) is 65.8 Å². The predicted molar refractivity (Wildman–Crippen MR) is 148 cm³/mol. The molecule has 1 saturated heterocycles. The summed E-state index contributed by atoms with van der Waals surface area (Å²) in [4.78, 5) is 2.89. The Kier molecular flexibility index (Phi) is 8.95. The summed E-state index contributed by atoms with van der Waals surface area (Å²) in [7, 11) is -0.298. The van der Waals surface area contributed by atoms with E-state index in [2.05, 4.69) is 52.5 Å². The molecule has 0 amide bonds. The predicted octanol–water partition coefficient (Wildman–Crippen LogP) is 4.28. The van der Waals surface area contributed by atoms with Crippen LogP contribution in [0.3, 0.4) is 0 Å². The van der Waals surface area contributed by atoms with E-state index in [0.717, 1.165) is 18.6 Å². The Bertz CT molecular complexity index is 1280.